The van der Waals surface area contributed by atoms with E-state index in [1.807, 2.05) is 12.2 Å². The fourth-order valence-electron chi connectivity index (χ4n) is 2.30. The molecule has 0 aliphatic heterocycles. The second kappa shape index (κ2) is 16.0. The summed E-state index contributed by atoms with van der Waals surface area (Å²) < 4.78 is 5.05. The summed E-state index contributed by atoms with van der Waals surface area (Å²) >= 11 is 0. The minimum Gasteiger partial charge on any atom is -0.396 e. The number of hydrogen-bond donors (Lipinski definition) is 2. The van der Waals surface area contributed by atoms with Crippen molar-refractivity contribution < 1.29 is 14.9 Å². The predicted octanol–water partition coefficient (Wildman–Crippen LogP) is 3.08. The monoisotopic (exact) mass is 312 g/mol. The van der Waals surface area contributed by atoms with E-state index in [9.17, 15) is 5.11 Å². The van der Waals surface area contributed by atoms with Crippen LogP contribution in [-0.2, 0) is 4.74 Å². The normalized spacial score (nSPS) is 14.4. The first-order chi connectivity index (χ1) is 10.3. The topological polar surface area (TPSA) is 49.7 Å². The van der Waals surface area contributed by atoms with Crippen LogP contribution in [0.5, 0.6) is 0 Å². The molecule has 2 atom stereocenters. The molecule has 2 unspecified atom stereocenters. The minimum absolute atomic E-state index is 0.110. The molecule has 0 fully saturated rings. The van der Waals surface area contributed by atoms with Crippen molar-refractivity contribution in [1.29, 1.82) is 0 Å². The number of rotatable bonds is 15. The van der Waals surface area contributed by atoms with Crippen LogP contribution >= 0.6 is 0 Å². The largest absolute Gasteiger partial charge is 0.396 e. The molecule has 0 aliphatic rings. The molecule has 0 bridgehead atoms. The summed E-state index contributed by atoms with van der Waals surface area (Å²) in [5.41, 5.74) is 0. The van der Waals surface area contributed by atoms with Gasteiger partial charge in [0.1, 0.15) is 0 Å². The number of unbranched alkanes of at least 4 members (excludes halogenated alkanes) is 1. The second-order valence-electron chi connectivity index (χ2n) is 5.41. The van der Waals surface area contributed by atoms with E-state index >= 15 is 0 Å². The SMILES string of the molecule is C=CC(CO)CC(C/C=C/CO)CC[Si]CCCCOC. The highest BCUT2D eigenvalue weighted by molar-refractivity contribution is 6.35. The smallest absolute Gasteiger partial charge is 0.0612 e. The Labute approximate surface area is 132 Å². The summed E-state index contributed by atoms with van der Waals surface area (Å²) in [5, 5.41) is 18.1. The van der Waals surface area contributed by atoms with Crippen molar-refractivity contribution in [1.82, 2.24) is 0 Å². The molecule has 122 valence electrons. The van der Waals surface area contributed by atoms with Crippen LogP contribution in [0.1, 0.15) is 32.1 Å². The van der Waals surface area contributed by atoms with E-state index in [4.69, 9.17) is 9.84 Å². The number of ether oxygens (including phenoxy) is 1. The number of allylic oxidation sites excluding steroid dienone is 1. The van der Waals surface area contributed by atoms with Crippen LogP contribution in [0.4, 0.5) is 0 Å². The maximum atomic E-state index is 9.30. The summed E-state index contributed by atoms with van der Waals surface area (Å²) in [6.45, 7) is 4.96. The quantitative estimate of drug-likeness (QED) is 0.277. The first-order valence-electron chi connectivity index (χ1n) is 7.97. The van der Waals surface area contributed by atoms with Crippen LogP contribution in [0.15, 0.2) is 24.8 Å². The van der Waals surface area contributed by atoms with Gasteiger partial charge in [0, 0.05) is 29.8 Å². The molecule has 0 aromatic rings. The van der Waals surface area contributed by atoms with Crippen LogP contribution in [0.25, 0.3) is 0 Å². The van der Waals surface area contributed by atoms with Crippen LogP contribution < -0.4 is 0 Å². The van der Waals surface area contributed by atoms with Crippen LogP contribution in [0, 0.1) is 11.8 Å². The van der Waals surface area contributed by atoms with Gasteiger partial charge in [0.2, 0.25) is 0 Å². The summed E-state index contributed by atoms with van der Waals surface area (Å²) in [4.78, 5) is 0. The number of methoxy groups -OCH3 is 1. The Kier molecular flexibility index (Phi) is 15.6. The lowest BCUT2D eigenvalue weighted by Gasteiger charge is -2.19. The van der Waals surface area contributed by atoms with Crippen molar-refractivity contribution in [2.75, 3.05) is 26.9 Å². The van der Waals surface area contributed by atoms with Gasteiger partial charge in [-0.1, -0.05) is 43.2 Å². The van der Waals surface area contributed by atoms with Gasteiger partial charge in [0.15, 0.2) is 0 Å². The third kappa shape index (κ3) is 13.0. The van der Waals surface area contributed by atoms with E-state index in [2.05, 4.69) is 12.7 Å². The van der Waals surface area contributed by atoms with Crippen LogP contribution in [0.2, 0.25) is 12.1 Å². The Balaban J connectivity index is 3.91. The van der Waals surface area contributed by atoms with Gasteiger partial charge < -0.3 is 14.9 Å². The molecule has 0 aromatic heterocycles. The molecule has 3 nitrogen and oxygen atoms in total. The molecule has 21 heavy (non-hydrogen) atoms. The van der Waals surface area contributed by atoms with Crippen molar-refractivity contribution in [3.8, 4) is 0 Å². The highest BCUT2D eigenvalue weighted by Crippen LogP contribution is 2.22. The number of aliphatic hydroxyl groups is 2. The molecule has 0 rings (SSSR count). The van der Waals surface area contributed by atoms with E-state index in [1.54, 1.807) is 7.11 Å². The molecule has 0 amide bonds. The predicted molar refractivity (Wildman–Crippen MR) is 90.8 cm³/mol. The van der Waals surface area contributed by atoms with Gasteiger partial charge in [-0.2, -0.15) is 0 Å². The van der Waals surface area contributed by atoms with Crippen molar-refractivity contribution in [3.63, 3.8) is 0 Å². The summed E-state index contributed by atoms with van der Waals surface area (Å²) in [6.07, 6.45) is 11.3. The van der Waals surface area contributed by atoms with Gasteiger partial charge in [-0.3, -0.25) is 0 Å². The first-order valence-corrected chi connectivity index (χ1v) is 9.38. The lowest BCUT2D eigenvalue weighted by Crippen LogP contribution is -2.11. The zero-order chi connectivity index (χ0) is 15.8. The van der Waals surface area contributed by atoms with E-state index < -0.39 is 0 Å². The zero-order valence-electron chi connectivity index (χ0n) is 13.5. The zero-order valence-corrected chi connectivity index (χ0v) is 14.5. The molecule has 0 heterocycles. The van der Waals surface area contributed by atoms with Crippen molar-refractivity contribution in [3.05, 3.63) is 24.8 Å². The van der Waals surface area contributed by atoms with E-state index in [0.717, 1.165) is 35.4 Å². The van der Waals surface area contributed by atoms with Gasteiger partial charge in [0.25, 0.3) is 0 Å². The Morgan fingerprint density at radius 1 is 1.19 bits per heavy atom. The fourth-order valence-corrected chi connectivity index (χ4v) is 3.66. The highest BCUT2D eigenvalue weighted by Gasteiger charge is 2.12. The van der Waals surface area contributed by atoms with E-state index in [1.165, 1.54) is 24.9 Å². The van der Waals surface area contributed by atoms with Crippen molar-refractivity contribution in [2.24, 2.45) is 11.8 Å². The Hall–Kier alpha value is -0.423. The molecule has 4 heteroatoms. The molecule has 0 spiro atoms. The maximum absolute atomic E-state index is 9.30. The summed E-state index contributed by atoms with van der Waals surface area (Å²) in [5.74, 6) is 0.775. The summed E-state index contributed by atoms with van der Waals surface area (Å²) in [6, 6.07) is 2.56. The maximum Gasteiger partial charge on any atom is 0.0612 e. The molecule has 0 saturated heterocycles. The Bertz CT molecular complexity index is 256. The van der Waals surface area contributed by atoms with Gasteiger partial charge in [-0.25, -0.2) is 0 Å². The molecule has 0 saturated carbocycles. The number of hydrogen-bond acceptors (Lipinski definition) is 3. The molecule has 0 aliphatic carbocycles. The van der Waals surface area contributed by atoms with E-state index in [0.29, 0.717) is 5.92 Å². The standard InChI is InChI=1S/C17H32O3Si/c1-3-16(15-19)14-17(8-4-5-10-18)9-13-21-12-7-6-11-20-2/h3-5,16-19H,1,6-15H2,2H3/b5-4+. The Morgan fingerprint density at radius 3 is 2.62 bits per heavy atom. The minimum atomic E-state index is 0.110. The second-order valence-corrected chi connectivity index (χ2v) is 6.91. The van der Waals surface area contributed by atoms with Crippen LogP contribution in [0.3, 0.4) is 0 Å². The average molecular weight is 313 g/mol. The fraction of sp³-hybridized carbons (Fsp3) is 0.765. The first kappa shape index (κ1) is 20.6. The highest BCUT2D eigenvalue weighted by atomic mass is 28.2. The molecule has 0 aromatic carbocycles. The third-order valence-corrected chi connectivity index (χ3v) is 4.98. The Morgan fingerprint density at radius 2 is 2.00 bits per heavy atom. The average Bonchev–Trinajstić information content (AvgIpc) is 2.51. The van der Waals surface area contributed by atoms with Crippen LogP contribution in [-0.4, -0.2) is 46.7 Å². The number of aliphatic hydroxyl groups excluding tert-OH is 2. The summed E-state index contributed by atoms with van der Waals surface area (Å²) in [7, 11) is 2.78. The lowest BCUT2D eigenvalue weighted by molar-refractivity contribution is 0.194. The molecule has 2 N–H and O–H groups in total. The van der Waals surface area contributed by atoms with E-state index in [-0.39, 0.29) is 19.1 Å². The van der Waals surface area contributed by atoms with Gasteiger partial charge in [0.05, 0.1) is 6.61 Å². The van der Waals surface area contributed by atoms with Crippen molar-refractivity contribution >= 4 is 9.52 Å². The van der Waals surface area contributed by atoms with Gasteiger partial charge >= 0.3 is 0 Å². The third-order valence-electron chi connectivity index (χ3n) is 3.63. The molecule has 2 radical (unpaired) electrons. The van der Waals surface area contributed by atoms with Gasteiger partial charge in [-0.15, -0.1) is 6.58 Å². The van der Waals surface area contributed by atoms with Gasteiger partial charge in [-0.05, 0) is 31.1 Å². The molecular formula is C17H32O3Si. The van der Waals surface area contributed by atoms with Crippen molar-refractivity contribution in [2.45, 2.75) is 44.2 Å². The lowest BCUT2D eigenvalue weighted by atomic mass is 9.90. The molecular weight excluding hydrogens is 280 g/mol.